The van der Waals surface area contributed by atoms with Crippen LogP contribution in [0.25, 0.3) is 0 Å². The van der Waals surface area contributed by atoms with Gasteiger partial charge in [0.1, 0.15) is 4.90 Å². The number of nitrogens with zero attached hydrogens (tertiary/aromatic N) is 2. The predicted octanol–water partition coefficient (Wildman–Crippen LogP) is 1.13. The summed E-state index contributed by atoms with van der Waals surface area (Å²) in [6, 6.07) is 5.15. The van der Waals surface area contributed by atoms with Gasteiger partial charge in [-0.25, -0.2) is 12.7 Å². The molecule has 2 rings (SSSR count). The molecule has 0 aromatic heterocycles. The van der Waals surface area contributed by atoms with E-state index in [2.05, 4.69) is 4.90 Å². The first-order chi connectivity index (χ1) is 9.87. The lowest BCUT2D eigenvalue weighted by atomic mass is 10.1. The van der Waals surface area contributed by atoms with Crippen LogP contribution in [0.4, 0.5) is 11.4 Å². The van der Waals surface area contributed by atoms with E-state index in [0.717, 1.165) is 31.6 Å². The van der Waals surface area contributed by atoms with Crippen molar-refractivity contribution >= 4 is 21.4 Å². The number of anilines is 2. The number of rotatable bonds is 4. The maximum atomic E-state index is 12.3. The van der Waals surface area contributed by atoms with Crippen LogP contribution in [-0.2, 0) is 14.8 Å². The van der Waals surface area contributed by atoms with Gasteiger partial charge in [0, 0.05) is 34.3 Å². The Morgan fingerprint density at radius 2 is 2.10 bits per heavy atom. The first-order valence-corrected chi connectivity index (χ1v) is 8.40. The molecule has 1 aliphatic heterocycles. The van der Waals surface area contributed by atoms with Crippen LogP contribution in [0.5, 0.6) is 0 Å². The molecule has 1 aliphatic rings. The van der Waals surface area contributed by atoms with Crippen molar-refractivity contribution in [2.75, 3.05) is 44.9 Å². The molecule has 1 aromatic carbocycles. The highest BCUT2D eigenvalue weighted by Gasteiger charge is 2.26. The van der Waals surface area contributed by atoms with Crippen molar-refractivity contribution in [3.8, 4) is 0 Å². The van der Waals surface area contributed by atoms with Crippen LogP contribution in [0.15, 0.2) is 23.1 Å². The minimum Gasteiger partial charge on any atom is -0.396 e. The van der Waals surface area contributed by atoms with Crippen LogP contribution in [0.1, 0.15) is 12.8 Å². The molecule has 2 N–H and O–H groups in total. The summed E-state index contributed by atoms with van der Waals surface area (Å²) >= 11 is 0. The van der Waals surface area contributed by atoms with E-state index in [9.17, 15) is 8.42 Å². The quantitative estimate of drug-likeness (QED) is 0.844. The van der Waals surface area contributed by atoms with E-state index >= 15 is 0 Å². The molecule has 1 heterocycles. The largest absolute Gasteiger partial charge is 0.396 e. The van der Waals surface area contributed by atoms with Crippen LogP contribution in [0, 0.1) is 0 Å². The summed E-state index contributed by atoms with van der Waals surface area (Å²) in [6.07, 6.45) is 2.18. The number of benzene rings is 1. The average molecular weight is 313 g/mol. The fraction of sp³-hybridized carbons (Fsp3) is 0.571. The number of methoxy groups -OCH3 is 1. The lowest BCUT2D eigenvalue weighted by Crippen LogP contribution is -2.39. The molecule has 0 aliphatic carbocycles. The highest BCUT2D eigenvalue weighted by atomic mass is 32.2. The first kappa shape index (κ1) is 16.1. The Balaban J connectivity index is 2.39. The second-order valence-corrected chi connectivity index (χ2v) is 7.54. The predicted molar refractivity (Wildman–Crippen MR) is 84.0 cm³/mol. The maximum absolute atomic E-state index is 12.3. The normalized spacial score (nSPS) is 20.0. The summed E-state index contributed by atoms with van der Waals surface area (Å²) in [5.41, 5.74) is 7.21. The molecular formula is C14H23N3O3S. The van der Waals surface area contributed by atoms with Gasteiger partial charge in [-0.3, -0.25) is 0 Å². The van der Waals surface area contributed by atoms with Gasteiger partial charge < -0.3 is 15.4 Å². The zero-order valence-electron chi connectivity index (χ0n) is 12.7. The van der Waals surface area contributed by atoms with Gasteiger partial charge in [0.05, 0.1) is 17.5 Å². The van der Waals surface area contributed by atoms with E-state index in [1.807, 2.05) is 6.07 Å². The van der Waals surface area contributed by atoms with Gasteiger partial charge in [-0.2, -0.15) is 0 Å². The van der Waals surface area contributed by atoms with Crippen LogP contribution in [0.3, 0.4) is 0 Å². The zero-order chi connectivity index (χ0) is 15.6. The third-order valence-electron chi connectivity index (χ3n) is 3.85. The van der Waals surface area contributed by atoms with E-state index in [4.69, 9.17) is 10.5 Å². The molecule has 1 unspecified atom stereocenters. The van der Waals surface area contributed by atoms with Gasteiger partial charge in [0.2, 0.25) is 10.0 Å². The van der Waals surface area contributed by atoms with Crippen LogP contribution in [0.2, 0.25) is 0 Å². The van der Waals surface area contributed by atoms with E-state index in [-0.39, 0.29) is 11.0 Å². The third-order valence-corrected chi connectivity index (χ3v) is 5.73. The number of sulfonamides is 1. The SMILES string of the molecule is COC1CCCN(c2cccc(S(=O)(=O)N(C)C)c2N)C1. The fourth-order valence-corrected chi connectivity index (χ4v) is 3.61. The molecule has 21 heavy (non-hydrogen) atoms. The molecule has 0 saturated carbocycles. The Morgan fingerprint density at radius 1 is 1.38 bits per heavy atom. The lowest BCUT2D eigenvalue weighted by Gasteiger charge is -2.34. The van der Waals surface area contributed by atoms with Crippen molar-refractivity contribution in [3.63, 3.8) is 0 Å². The minimum absolute atomic E-state index is 0.157. The molecule has 0 radical (unpaired) electrons. The topological polar surface area (TPSA) is 75.9 Å². The van der Waals surface area contributed by atoms with Crippen LogP contribution in [-0.4, -0.2) is 53.1 Å². The van der Waals surface area contributed by atoms with Crippen molar-refractivity contribution in [3.05, 3.63) is 18.2 Å². The highest BCUT2D eigenvalue weighted by molar-refractivity contribution is 7.89. The molecule has 7 heteroatoms. The van der Waals surface area contributed by atoms with E-state index in [0.29, 0.717) is 5.69 Å². The average Bonchev–Trinajstić information content (AvgIpc) is 2.47. The number of hydrogen-bond donors (Lipinski definition) is 1. The Hall–Kier alpha value is -1.31. The molecule has 0 bridgehead atoms. The molecule has 0 spiro atoms. The summed E-state index contributed by atoms with van der Waals surface area (Å²) in [6.45, 7) is 1.59. The Kier molecular flexibility index (Phi) is 4.75. The number of para-hydroxylation sites is 1. The number of piperidine rings is 1. The summed E-state index contributed by atoms with van der Waals surface area (Å²) in [5, 5.41) is 0. The molecule has 1 fully saturated rings. The molecular weight excluding hydrogens is 290 g/mol. The van der Waals surface area contributed by atoms with Crippen molar-refractivity contribution in [2.45, 2.75) is 23.8 Å². The number of nitrogen functional groups attached to an aromatic ring is 1. The van der Waals surface area contributed by atoms with Gasteiger partial charge in [-0.15, -0.1) is 0 Å². The Bertz CT molecular complexity index is 601. The van der Waals surface area contributed by atoms with E-state index in [1.54, 1.807) is 19.2 Å². The summed E-state index contributed by atoms with van der Waals surface area (Å²) < 4.78 is 31.2. The van der Waals surface area contributed by atoms with Crippen molar-refractivity contribution in [1.29, 1.82) is 0 Å². The van der Waals surface area contributed by atoms with Crippen molar-refractivity contribution in [1.82, 2.24) is 4.31 Å². The lowest BCUT2D eigenvalue weighted by molar-refractivity contribution is 0.0894. The molecule has 1 aromatic rings. The summed E-state index contributed by atoms with van der Waals surface area (Å²) in [5.74, 6) is 0. The minimum atomic E-state index is -3.54. The second-order valence-electron chi connectivity index (χ2n) is 5.42. The Labute approximate surface area is 126 Å². The van der Waals surface area contributed by atoms with Crippen molar-refractivity contribution < 1.29 is 13.2 Å². The number of nitrogens with two attached hydrogens (primary N) is 1. The van der Waals surface area contributed by atoms with Crippen LogP contribution < -0.4 is 10.6 Å². The maximum Gasteiger partial charge on any atom is 0.244 e. The third kappa shape index (κ3) is 3.14. The second kappa shape index (κ2) is 6.21. The number of hydrogen-bond acceptors (Lipinski definition) is 5. The molecule has 0 amide bonds. The highest BCUT2D eigenvalue weighted by Crippen LogP contribution is 2.32. The van der Waals surface area contributed by atoms with E-state index in [1.165, 1.54) is 18.4 Å². The fourth-order valence-electron chi connectivity index (χ4n) is 2.58. The van der Waals surface area contributed by atoms with Gasteiger partial charge >= 0.3 is 0 Å². The monoisotopic (exact) mass is 313 g/mol. The smallest absolute Gasteiger partial charge is 0.244 e. The molecule has 118 valence electrons. The van der Waals surface area contributed by atoms with Gasteiger partial charge in [0.15, 0.2) is 0 Å². The van der Waals surface area contributed by atoms with Gasteiger partial charge in [-0.1, -0.05) is 6.07 Å². The van der Waals surface area contributed by atoms with Gasteiger partial charge in [-0.05, 0) is 25.0 Å². The Morgan fingerprint density at radius 3 is 2.71 bits per heavy atom. The summed E-state index contributed by atoms with van der Waals surface area (Å²) in [4.78, 5) is 2.26. The summed E-state index contributed by atoms with van der Waals surface area (Å²) in [7, 11) is 1.17. The number of ether oxygens (including phenoxy) is 1. The van der Waals surface area contributed by atoms with Gasteiger partial charge in [0.25, 0.3) is 0 Å². The van der Waals surface area contributed by atoms with E-state index < -0.39 is 10.0 Å². The van der Waals surface area contributed by atoms with Crippen LogP contribution >= 0.6 is 0 Å². The standard InChI is InChI=1S/C14H23N3O3S/c1-16(2)21(18,19)13-8-4-7-12(14(13)15)17-9-5-6-11(10-17)20-3/h4,7-8,11H,5-6,9-10,15H2,1-3H3. The molecule has 1 atom stereocenters. The van der Waals surface area contributed by atoms with Crippen molar-refractivity contribution in [2.24, 2.45) is 0 Å². The molecule has 1 saturated heterocycles. The first-order valence-electron chi connectivity index (χ1n) is 6.96. The zero-order valence-corrected chi connectivity index (χ0v) is 13.6. The molecule has 6 nitrogen and oxygen atoms in total.